The molecule has 1 fully saturated rings. The maximum absolute atomic E-state index is 11.5. The van der Waals surface area contributed by atoms with Crippen LogP contribution >= 0.6 is 11.8 Å². The first-order valence-corrected chi connectivity index (χ1v) is 6.57. The fourth-order valence-electron chi connectivity index (χ4n) is 1.70. The number of thioether (sulfide) groups is 1. The van der Waals surface area contributed by atoms with Crippen LogP contribution < -0.4 is 11.1 Å². The molecule has 0 unspecified atom stereocenters. The van der Waals surface area contributed by atoms with Crippen molar-refractivity contribution in [2.24, 2.45) is 11.7 Å². The molecule has 0 aromatic heterocycles. The van der Waals surface area contributed by atoms with Crippen molar-refractivity contribution in [2.75, 3.05) is 12.0 Å². The van der Waals surface area contributed by atoms with Crippen LogP contribution in [0.4, 0.5) is 0 Å². The molecule has 14 heavy (non-hydrogen) atoms. The van der Waals surface area contributed by atoms with E-state index in [2.05, 4.69) is 12.2 Å². The van der Waals surface area contributed by atoms with Gasteiger partial charge in [0.1, 0.15) is 0 Å². The summed E-state index contributed by atoms with van der Waals surface area (Å²) in [6.07, 6.45) is 5.02. The molecule has 1 aliphatic carbocycles. The summed E-state index contributed by atoms with van der Waals surface area (Å²) in [6.45, 7) is 2.20. The normalized spacial score (nSPS) is 27.9. The van der Waals surface area contributed by atoms with Gasteiger partial charge in [0.05, 0.1) is 6.04 Å². The topological polar surface area (TPSA) is 55.1 Å². The molecule has 1 aliphatic rings. The Kier molecular flexibility index (Phi) is 4.75. The number of hydrogen-bond acceptors (Lipinski definition) is 3. The summed E-state index contributed by atoms with van der Waals surface area (Å²) in [7, 11) is 0. The summed E-state index contributed by atoms with van der Waals surface area (Å²) in [5.74, 6) is 1.74. The van der Waals surface area contributed by atoms with E-state index >= 15 is 0 Å². The average Bonchev–Trinajstić information content (AvgIpc) is 2.11. The van der Waals surface area contributed by atoms with Gasteiger partial charge in [-0.15, -0.1) is 0 Å². The number of carbonyl (C=O) groups excluding carboxylic acids is 1. The van der Waals surface area contributed by atoms with Gasteiger partial charge >= 0.3 is 0 Å². The molecule has 0 spiro atoms. The predicted octanol–water partition coefficient (Wildman–Crippen LogP) is 0.981. The first-order valence-electron chi connectivity index (χ1n) is 5.18. The summed E-state index contributed by atoms with van der Waals surface area (Å²) < 4.78 is 0. The van der Waals surface area contributed by atoms with E-state index in [1.54, 1.807) is 11.8 Å². The van der Waals surface area contributed by atoms with Crippen LogP contribution in [0, 0.1) is 5.92 Å². The van der Waals surface area contributed by atoms with Gasteiger partial charge < -0.3 is 11.1 Å². The van der Waals surface area contributed by atoms with E-state index in [9.17, 15) is 4.79 Å². The smallest absolute Gasteiger partial charge is 0.237 e. The summed E-state index contributed by atoms with van der Waals surface area (Å²) in [5.41, 5.74) is 5.74. The molecule has 0 bridgehead atoms. The lowest BCUT2D eigenvalue weighted by molar-refractivity contribution is -0.123. The van der Waals surface area contributed by atoms with E-state index in [1.165, 1.54) is 0 Å². The molecular formula is C10H20N2OS. The number of nitrogens with two attached hydrogens (primary N) is 1. The molecule has 1 atom stereocenters. The van der Waals surface area contributed by atoms with Gasteiger partial charge in [-0.25, -0.2) is 0 Å². The largest absolute Gasteiger partial charge is 0.352 e. The zero-order valence-corrected chi connectivity index (χ0v) is 9.77. The first-order chi connectivity index (χ1) is 6.63. The minimum atomic E-state index is -0.321. The molecule has 0 radical (unpaired) electrons. The fraction of sp³-hybridized carbons (Fsp3) is 0.900. The van der Waals surface area contributed by atoms with Crippen molar-refractivity contribution < 1.29 is 4.79 Å². The summed E-state index contributed by atoms with van der Waals surface area (Å²) in [4.78, 5) is 11.5. The maximum atomic E-state index is 11.5. The standard InChI is InChI=1S/C10H20N2OS/c1-7-5-8(6-7)12-10(13)9(11)3-4-14-2/h7-9H,3-6,11H2,1-2H3,(H,12,13)/t7?,8?,9-/m1/s1. The fourth-order valence-corrected chi connectivity index (χ4v) is 2.19. The van der Waals surface area contributed by atoms with Crippen LogP contribution in [0.5, 0.6) is 0 Å². The Morgan fingerprint density at radius 1 is 1.64 bits per heavy atom. The van der Waals surface area contributed by atoms with Gasteiger partial charge in [-0.3, -0.25) is 4.79 Å². The third-order valence-corrected chi connectivity index (χ3v) is 3.33. The van der Waals surface area contributed by atoms with Crippen molar-refractivity contribution in [3.05, 3.63) is 0 Å². The van der Waals surface area contributed by atoms with Crippen LogP contribution in [0.3, 0.4) is 0 Å². The Hall–Kier alpha value is -0.220. The average molecular weight is 216 g/mol. The maximum Gasteiger partial charge on any atom is 0.237 e. The molecule has 0 heterocycles. The highest BCUT2D eigenvalue weighted by Crippen LogP contribution is 2.26. The van der Waals surface area contributed by atoms with Crippen LogP contribution in [0.15, 0.2) is 0 Å². The monoisotopic (exact) mass is 216 g/mol. The highest BCUT2D eigenvalue weighted by Gasteiger charge is 2.27. The summed E-state index contributed by atoms with van der Waals surface area (Å²) in [6, 6.07) is 0.0659. The number of hydrogen-bond donors (Lipinski definition) is 2. The van der Waals surface area contributed by atoms with Gasteiger partial charge in [0.15, 0.2) is 0 Å². The van der Waals surface area contributed by atoms with E-state index in [4.69, 9.17) is 5.73 Å². The molecule has 1 amide bonds. The Labute approximate surface area is 90.2 Å². The van der Waals surface area contributed by atoms with Gasteiger partial charge in [0.25, 0.3) is 0 Å². The van der Waals surface area contributed by atoms with E-state index in [0.29, 0.717) is 6.04 Å². The molecule has 3 N–H and O–H groups in total. The molecule has 1 saturated carbocycles. The second-order valence-corrected chi connectivity index (χ2v) is 5.16. The molecule has 3 nitrogen and oxygen atoms in total. The molecule has 1 rings (SSSR count). The minimum Gasteiger partial charge on any atom is -0.352 e. The van der Waals surface area contributed by atoms with Crippen molar-refractivity contribution in [3.63, 3.8) is 0 Å². The Bertz CT molecular complexity index is 193. The van der Waals surface area contributed by atoms with Gasteiger partial charge in [-0.2, -0.15) is 11.8 Å². The molecule has 0 aromatic rings. The molecule has 0 saturated heterocycles. The van der Waals surface area contributed by atoms with E-state index in [-0.39, 0.29) is 11.9 Å². The second-order valence-electron chi connectivity index (χ2n) is 4.17. The van der Waals surface area contributed by atoms with Crippen molar-refractivity contribution in [3.8, 4) is 0 Å². The molecule has 4 heteroatoms. The predicted molar refractivity (Wildman–Crippen MR) is 61.3 cm³/mol. The molecule has 0 aromatic carbocycles. The number of carbonyl (C=O) groups is 1. The molecular weight excluding hydrogens is 196 g/mol. The zero-order valence-electron chi connectivity index (χ0n) is 8.95. The van der Waals surface area contributed by atoms with E-state index < -0.39 is 0 Å². The second kappa shape index (κ2) is 5.61. The molecule has 82 valence electrons. The highest BCUT2D eigenvalue weighted by atomic mass is 32.2. The van der Waals surface area contributed by atoms with Crippen molar-refractivity contribution in [1.29, 1.82) is 0 Å². The lowest BCUT2D eigenvalue weighted by Gasteiger charge is -2.33. The third-order valence-electron chi connectivity index (χ3n) is 2.69. The Morgan fingerprint density at radius 3 is 2.79 bits per heavy atom. The van der Waals surface area contributed by atoms with E-state index in [0.717, 1.165) is 30.9 Å². The Balaban J connectivity index is 2.14. The number of amides is 1. The van der Waals surface area contributed by atoms with Crippen molar-refractivity contribution in [1.82, 2.24) is 5.32 Å². The van der Waals surface area contributed by atoms with Gasteiger partial charge in [-0.05, 0) is 37.2 Å². The van der Waals surface area contributed by atoms with Crippen LogP contribution in [0.2, 0.25) is 0 Å². The zero-order chi connectivity index (χ0) is 10.6. The quantitative estimate of drug-likeness (QED) is 0.720. The van der Waals surface area contributed by atoms with Crippen LogP contribution in [0.1, 0.15) is 26.2 Å². The summed E-state index contributed by atoms with van der Waals surface area (Å²) in [5, 5.41) is 2.98. The van der Waals surface area contributed by atoms with Crippen LogP contribution in [-0.4, -0.2) is 30.0 Å². The van der Waals surface area contributed by atoms with Gasteiger partial charge in [0.2, 0.25) is 5.91 Å². The number of rotatable bonds is 5. The van der Waals surface area contributed by atoms with Gasteiger partial charge in [-0.1, -0.05) is 6.92 Å². The SMILES string of the molecule is CSCC[C@@H](N)C(=O)NC1CC(C)C1. The van der Waals surface area contributed by atoms with Crippen molar-refractivity contribution in [2.45, 2.75) is 38.3 Å². The summed E-state index contributed by atoms with van der Waals surface area (Å²) >= 11 is 1.73. The van der Waals surface area contributed by atoms with Crippen LogP contribution in [0.25, 0.3) is 0 Å². The van der Waals surface area contributed by atoms with E-state index in [1.807, 2.05) is 6.26 Å². The number of nitrogens with one attached hydrogen (secondary N) is 1. The Morgan fingerprint density at radius 2 is 2.29 bits per heavy atom. The molecule has 0 aliphatic heterocycles. The first kappa shape index (κ1) is 11.9. The van der Waals surface area contributed by atoms with Gasteiger partial charge in [0, 0.05) is 6.04 Å². The highest BCUT2D eigenvalue weighted by molar-refractivity contribution is 7.98. The lowest BCUT2D eigenvalue weighted by Crippen LogP contribution is -2.49. The lowest BCUT2D eigenvalue weighted by atomic mass is 9.82. The third kappa shape index (κ3) is 3.50. The van der Waals surface area contributed by atoms with Crippen molar-refractivity contribution >= 4 is 17.7 Å². The van der Waals surface area contributed by atoms with Crippen LogP contribution in [-0.2, 0) is 4.79 Å². The minimum absolute atomic E-state index is 0.0240.